The van der Waals surface area contributed by atoms with E-state index in [-0.39, 0.29) is 5.91 Å². The fourth-order valence-electron chi connectivity index (χ4n) is 3.97. The number of amides is 1. The van der Waals surface area contributed by atoms with E-state index in [0.29, 0.717) is 24.4 Å². The van der Waals surface area contributed by atoms with Crippen molar-refractivity contribution in [1.82, 2.24) is 4.90 Å². The van der Waals surface area contributed by atoms with Crippen molar-refractivity contribution in [1.29, 1.82) is 0 Å². The van der Waals surface area contributed by atoms with Crippen LogP contribution in [0.15, 0.2) is 53.9 Å². The number of fused-ring (bicyclic) bond motifs is 1. The van der Waals surface area contributed by atoms with E-state index in [1.807, 2.05) is 61.7 Å². The summed E-state index contributed by atoms with van der Waals surface area (Å²) in [6, 6.07) is 15.2. The number of thiophene rings is 1. The third-order valence-electron chi connectivity index (χ3n) is 5.45. The van der Waals surface area contributed by atoms with Gasteiger partial charge in [0.05, 0.1) is 12.0 Å². The maximum Gasteiger partial charge on any atom is 0.328 e. The molecule has 31 heavy (non-hydrogen) atoms. The Morgan fingerprint density at radius 1 is 1.06 bits per heavy atom. The number of ether oxygens (including phenoxy) is 2. The van der Waals surface area contributed by atoms with Gasteiger partial charge in [-0.2, -0.15) is 0 Å². The molecule has 1 aromatic heterocycles. The van der Waals surface area contributed by atoms with E-state index in [1.165, 1.54) is 18.4 Å². The smallest absolute Gasteiger partial charge is 0.328 e. The van der Waals surface area contributed by atoms with Gasteiger partial charge in [-0.25, -0.2) is 4.79 Å². The normalized spacial score (nSPS) is 15.3. The highest BCUT2D eigenvalue weighted by Crippen LogP contribution is 2.28. The molecule has 0 aliphatic carbocycles. The van der Waals surface area contributed by atoms with Gasteiger partial charge in [-0.1, -0.05) is 30.3 Å². The molecule has 0 bridgehead atoms. The highest BCUT2D eigenvalue weighted by atomic mass is 32.1. The molecule has 0 saturated heterocycles. The zero-order chi connectivity index (χ0) is 22.0. The van der Waals surface area contributed by atoms with Gasteiger partial charge in [-0.3, -0.25) is 4.79 Å². The first-order valence-corrected chi connectivity index (χ1v) is 11.1. The van der Waals surface area contributed by atoms with E-state index in [0.717, 1.165) is 33.6 Å². The third kappa shape index (κ3) is 4.64. The fourth-order valence-corrected chi connectivity index (χ4v) is 4.82. The lowest BCUT2D eigenvalue weighted by molar-refractivity contribution is -0.146. The van der Waals surface area contributed by atoms with Crippen LogP contribution in [0, 0.1) is 13.8 Å². The van der Waals surface area contributed by atoms with Crippen LogP contribution in [0.3, 0.4) is 0 Å². The van der Waals surface area contributed by atoms with Gasteiger partial charge in [-0.05, 0) is 59.7 Å². The minimum atomic E-state index is -0.621. The molecular weight excluding hydrogens is 410 g/mol. The van der Waals surface area contributed by atoms with Crippen molar-refractivity contribution in [2.45, 2.75) is 39.5 Å². The second-order valence-corrected chi connectivity index (χ2v) is 8.79. The van der Waals surface area contributed by atoms with Crippen LogP contribution in [-0.2, 0) is 29.1 Å². The summed E-state index contributed by atoms with van der Waals surface area (Å²) in [5.41, 5.74) is 5.37. The first-order chi connectivity index (χ1) is 14.9. The number of carbonyl (C=O) groups excluding carboxylic acids is 2. The van der Waals surface area contributed by atoms with E-state index < -0.39 is 12.0 Å². The van der Waals surface area contributed by atoms with Gasteiger partial charge >= 0.3 is 5.97 Å². The summed E-state index contributed by atoms with van der Waals surface area (Å²) in [5, 5.41) is 1.93. The van der Waals surface area contributed by atoms with Gasteiger partial charge in [0.15, 0.2) is 0 Å². The van der Waals surface area contributed by atoms with E-state index in [9.17, 15) is 9.59 Å². The molecule has 1 amide bonds. The zero-order valence-electron chi connectivity index (χ0n) is 17.9. The van der Waals surface area contributed by atoms with Crippen molar-refractivity contribution in [3.8, 4) is 5.75 Å². The molecule has 0 saturated carbocycles. The van der Waals surface area contributed by atoms with Crippen LogP contribution in [0.4, 0.5) is 0 Å². The Morgan fingerprint density at radius 3 is 2.48 bits per heavy atom. The second-order valence-electron chi connectivity index (χ2n) is 7.88. The Bertz CT molecular complexity index is 1100. The topological polar surface area (TPSA) is 55.8 Å². The molecule has 0 N–H and O–H groups in total. The highest BCUT2D eigenvalue weighted by molar-refractivity contribution is 7.12. The highest BCUT2D eigenvalue weighted by Gasteiger charge is 2.36. The van der Waals surface area contributed by atoms with Gasteiger partial charge in [-0.15, -0.1) is 11.3 Å². The quantitative estimate of drug-likeness (QED) is 0.546. The summed E-state index contributed by atoms with van der Waals surface area (Å²) in [4.78, 5) is 27.9. The van der Waals surface area contributed by atoms with Crippen molar-refractivity contribution in [2.24, 2.45) is 0 Å². The second kappa shape index (κ2) is 8.94. The number of hydrogen-bond donors (Lipinski definition) is 0. The third-order valence-corrected chi connectivity index (χ3v) is 6.41. The maximum absolute atomic E-state index is 13.3. The van der Waals surface area contributed by atoms with Crippen molar-refractivity contribution >= 4 is 23.2 Å². The molecule has 2 heterocycles. The molecule has 3 aromatic rings. The Balaban J connectivity index is 1.50. The molecule has 1 aliphatic rings. The average molecular weight is 436 g/mol. The van der Waals surface area contributed by atoms with Crippen LogP contribution in [0.5, 0.6) is 5.75 Å². The SMILES string of the molecule is COC(=O)C1Cc2ccccc2CN1C(=O)c1cc(COc2cc(C)cc(C)c2)cs1. The summed E-state index contributed by atoms with van der Waals surface area (Å²) in [6.45, 7) is 4.85. The van der Waals surface area contributed by atoms with Crippen LogP contribution >= 0.6 is 11.3 Å². The van der Waals surface area contributed by atoms with Gasteiger partial charge in [0.25, 0.3) is 5.91 Å². The van der Waals surface area contributed by atoms with Crippen LogP contribution < -0.4 is 4.74 Å². The largest absolute Gasteiger partial charge is 0.489 e. The lowest BCUT2D eigenvalue weighted by Crippen LogP contribution is -2.49. The first kappa shape index (κ1) is 21.1. The molecule has 1 atom stereocenters. The molecule has 0 radical (unpaired) electrons. The first-order valence-electron chi connectivity index (χ1n) is 10.2. The molecule has 2 aromatic carbocycles. The van der Waals surface area contributed by atoms with E-state index in [4.69, 9.17) is 9.47 Å². The Hall–Kier alpha value is -3.12. The molecule has 6 heteroatoms. The molecule has 0 spiro atoms. The number of aryl methyl sites for hydroxylation is 2. The summed E-state index contributed by atoms with van der Waals surface area (Å²) < 4.78 is 10.9. The van der Waals surface area contributed by atoms with Crippen molar-refractivity contribution in [2.75, 3.05) is 7.11 Å². The number of methoxy groups -OCH3 is 1. The molecule has 0 fully saturated rings. The number of rotatable bonds is 5. The standard InChI is InChI=1S/C25H25NO4S/c1-16-8-17(2)10-21(9-16)30-14-18-11-23(31-15-18)24(27)26-13-20-7-5-4-6-19(20)12-22(26)25(28)29-3/h4-11,15,22H,12-14H2,1-3H3. The minimum absolute atomic E-state index is 0.160. The lowest BCUT2D eigenvalue weighted by Gasteiger charge is -2.34. The molecule has 1 unspecified atom stereocenters. The molecular formula is C25H25NO4S. The number of nitrogens with zero attached hydrogens (tertiary/aromatic N) is 1. The van der Waals surface area contributed by atoms with Crippen molar-refractivity contribution < 1.29 is 19.1 Å². The molecule has 4 rings (SSSR count). The molecule has 1 aliphatic heterocycles. The van der Waals surface area contributed by atoms with Gasteiger partial charge in [0.1, 0.15) is 18.4 Å². The fraction of sp³-hybridized carbons (Fsp3) is 0.280. The summed E-state index contributed by atoms with van der Waals surface area (Å²) in [5.74, 6) is 0.264. The Morgan fingerprint density at radius 2 is 1.77 bits per heavy atom. The number of carbonyl (C=O) groups is 2. The van der Waals surface area contributed by atoms with Crippen LogP contribution in [0.2, 0.25) is 0 Å². The van der Waals surface area contributed by atoms with E-state index in [2.05, 4.69) is 6.07 Å². The van der Waals surface area contributed by atoms with Gasteiger partial charge < -0.3 is 14.4 Å². The lowest BCUT2D eigenvalue weighted by atomic mass is 9.93. The maximum atomic E-state index is 13.3. The Kier molecular flexibility index (Phi) is 6.09. The molecule has 160 valence electrons. The van der Waals surface area contributed by atoms with E-state index >= 15 is 0 Å². The summed E-state index contributed by atoms with van der Waals surface area (Å²) >= 11 is 1.37. The Labute approximate surface area is 186 Å². The predicted molar refractivity (Wildman–Crippen MR) is 120 cm³/mol. The zero-order valence-corrected chi connectivity index (χ0v) is 18.7. The number of benzene rings is 2. The average Bonchev–Trinajstić information content (AvgIpc) is 3.24. The van der Waals surface area contributed by atoms with E-state index in [1.54, 1.807) is 4.90 Å². The monoisotopic (exact) mass is 435 g/mol. The van der Waals surface area contributed by atoms with Gasteiger partial charge in [0, 0.05) is 18.5 Å². The number of hydrogen-bond acceptors (Lipinski definition) is 5. The molecule has 5 nitrogen and oxygen atoms in total. The summed E-state index contributed by atoms with van der Waals surface area (Å²) in [6.07, 6.45) is 0.461. The minimum Gasteiger partial charge on any atom is -0.489 e. The van der Waals surface area contributed by atoms with Crippen LogP contribution in [0.1, 0.15) is 37.5 Å². The number of esters is 1. The van der Waals surface area contributed by atoms with Gasteiger partial charge in [0.2, 0.25) is 0 Å². The summed E-state index contributed by atoms with van der Waals surface area (Å²) in [7, 11) is 1.36. The van der Waals surface area contributed by atoms with Crippen molar-refractivity contribution in [3.63, 3.8) is 0 Å². The predicted octanol–water partition coefficient (Wildman–Crippen LogP) is 4.68. The van der Waals surface area contributed by atoms with Crippen LogP contribution in [-0.4, -0.2) is 29.9 Å². The van der Waals surface area contributed by atoms with Crippen molar-refractivity contribution in [3.05, 3.63) is 86.6 Å². The van der Waals surface area contributed by atoms with Crippen LogP contribution in [0.25, 0.3) is 0 Å².